The molecule has 1 atom stereocenters. The topological polar surface area (TPSA) is 12.9 Å². The SMILES string of the molecule is CC(C)(C)C1CCc2nc(Cl)ccc21. The van der Waals surface area contributed by atoms with E-state index in [0.717, 1.165) is 6.42 Å². The van der Waals surface area contributed by atoms with E-state index in [1.54, 1.807) is 0 Å². The fourth-order valence-corrected chi connectivity index (χ4v) is 2.50. The molecule has 2 rings (SSSR count). The zero-order valence-corrected chi connectivity index (χ0v) is 9.73. The van der Waals surface area contributed by atoms with E-state index < -0.39 is 0 Å². The molecule has 1 aromatic heterocycles. The second kappa shape index (κ2) is 3.23. The Morgan fingerprint density at radius 2 is 2.07 bits per heavy atom. The standard InChI is InChI=1S/C12H16ClN/c1-12(2,3)9-5-6-10-8(9)4-7-11(13)14-10/h4,7,9H,5-6H2,1-3H3. The minimum absolute atomic E-state index is 0.334. The quantitative estimate of drug-likeness (QED) is 0.593. The van der Waals surface area contributed by atoms with Crippen molar-refractivity contribution in [3.8, 4) is 0 Å². The zero-order chi connectivity index (χ0) is 10.3. The number of hydrogen-bond acceptors (Lipinski definition) is 1. The highest BCUT2D eigenvalue weighted by molar-refractivity contribution is 6.29. The van der Waals surface area contributed by atoms with Crippen molar-refractivity contribution >= 4 is 11.6 Å². The predicted octanol–water partition coefficient (Wildman–Crippen LogP) is 3.81. The summed E-state index contributed by atoms with van der Waals surface area (Å²) < 4.78 is 0. The Morgan fingerprint density at radius 1 is 1.36 bits per heavy atom. The van der Waals surface area contributed by atoms with Gasteiger partial charge in [-0.1, -0.05) is 38.4 Å². The van der Waals surface area contributed by atoms with Crippen molar-refractivity contribution in [2.24, 2.45) is 5.41 Å². The fourth-order valence-electron chi connectivity index (χ4n) is 2.34. The molecule has 1 nitrogen and oxygen atoms in total. The first-order chi connectivity index (χ1) is 6.48. The second-order valence-electron chi connectivity index (χ2n) is 5.13. The average Bonchev–Trinajstić information content (AvgIpc) is 2.45. The van der Waals surface area contributed by atoms with Crippen molar-refractivity contribution in [1.29, 1.82) is 0 Å². The molecule has 76 valence electrons. The molecule has 0 N–H and O–H groups in total. The zero-order valence-electron chi connectivity index (χ0n) is 8.97. The smallest absolute Gasteiger partial charge is 0.129 e. The molecule has 0 saturated carbocycles. The summed E-state index contributed by atoms with van der Waals surface area (Å²) >= 11 is 5.87. The summed E-state index contributed by atoms with van der Waals surface area (Å²) in [6.07, 6.45) is 2.30. The summed E-state index contributed by atoms with van der Waals surface area (Å²) in [5.41, 5.74) is 2.94. The number of hydrogen-bond donors (Lipinski definition) is 0. The first-order valence-electron chi connectivity index (χ1n) is 5.14. The van der Waals surface area contributed by atoms with E-state index in [0.29, 0.717) is 16.5 Å². The van der Waals surface area contributed by atoms with Gasteiger partial charge in [0.15, 0.2) is 0 Å². The molecule has 0 fully saturated rings. The van der Waals surface area contributed by atoms with Gasteiger partial charge in [0, 0.05) is 5.69 Å². The van der Waals surface area contributed by atoms with Crippen LogP contribution >= 0.6 is 11.6 Å². The number of halogens is 1. The van der Waals surface area contributed by atoms with Gasteiger partial charge in [0.25, 0.3) is 0 Å². The summed E-state index contributed by atoms with van der Waals surface area (Å²) in [6.45, 7) is 6.88. The number of fused-ring (bicyclic) bond motifs is 1. The van der Waals surface area contributed by atoms with E-state index in [2.05, 4.69) is 31.8 Å². The summed E-state index contributed by atoms with van der Waals surface area (Å²) in [6, 6.07) is 4.05. The molecule has 0 radical (unpaired) electrons. The first-order valence-corrected chi connectivity index (χ1v) is 5.51. The van der Waals surface area contributed by atoms with Crippen LogP contribution in [0.5, 0.6) is 0 Å². The first kappa shape index (κ1) is 9.97. The highest BCUT2D eigenvalue weighted by Crippen LogP contribution is 2.44. The maximum atomic E-state index is 5.87. The summed E-state index contributed by atoms with van der Waals surface area (Å²) in [5, 5.41) is 0.623. The molecule has 0 amide bonds. The Kier molecular flexibility index (Phi) is 2.30. The lowest BCUT2D eigenvalue weighted by Crippen LogP contribution is -2.15. The van der Waals surface area contributed by atoms with Gasteiger partial charge in [-0.25, -0.2) is 4.98 Å². The van der Waals surface area contributed by atoms with E-state index in [-0.39, 0.29) is 0 Å². The highest BCUT2D eigenvalue weighted by Gasteiger charge is 2.32. The van der Waals surface area contributed by atoms with Gasteiger partial charge in [-0.3, -0.25) is 0 Å². The van der Waals surface area contributed by atoms with Crippen LogP contribution in [0.1, 0.15) is 44.4 Å². The van der Waals surface area contributed by atoms with Gasteiger partial charge in [0.2, 0.25) is 0 Å². The van der Waals surface area contributed by atoms with Crippen LogP contribution < -0.4 is 0 Å². The molecule has 0 aromatic carbocycles. The minimum Gasteiger partial charge on any atom is -0.241 e. The van der Waals surface area contributed by atoms with Crippen molar-refractivity contribution in [2.45, 2.75) is 39.5 Å². The van der Waals surface area contributed by atoms with Gasteiger partial charge in [0.05, 0.1) is 0 Å². The highest BCUT2D eigenvalue weighted by atomic mass is 35.5. The molecule has 1 heterocycles. The van der Waals surface area contributed by atoms with E-state index >= 15 is 0 Å². The van der Waals surface area contributed by atoms with Crippen LogP contribution in [-0.4, -0.2) is 4.98 Å². The Bertz CT molecular complexity index is 352. The van der Waals surface area contributed by atoms with Crippen LogP contribution in [0.3, 0.4) is 0 Å². The van der Waals surface area contributed by atoms with Gasteiger partial charge in [-0.2, -0.15) is 0 Å². The normalized spacial score (nSPS) is 21.0. The lowest BCUT2D eigenvalue weighted by atomic mass is 9.78. The molecule has 0 spiro atoms. The van der Waals surface area contributed by atoms with Gasteiger partial charge in [-0.05, 0) is 35.8 Å². The van der Waals surface area contributed by atoms with Crippen LogP contribution in [0.2, 0.25) is 5.15 Å². The van der Waals surface area contributed by atoms with E-state index in [4.69, 9.17) is 11.6 Å². The molecule has 1 aliphatic carbocycles. The van der Waals surface area contributed by atoms with Gasteiger partial charge < -0.3 is 0 Å². The molecule has 1 aliphatic rings. The van der Waals surface area contributed by atoms with Crippen molar-refractivity contribution in [1.82, 2.24) is 4.98 Å². The van der Waals surface area contributed by atoms with Crippen molar-refractivity contribution in [3.63, 3.8) is 0 Å². The summed E-state index contributed by atoms with van der Waals surface area (Å²) in [5.74, 6) is 0.641. The van der Waals surface area contributed by atoms with Gasteiger partial charge in [-0.15, -0.1) is 0 Å². The van der Waals surface area contributed by atoms with Crippen LogP contribution in [0.25, 0.3) is 0 Å². The number of rotatable bonds is 0. The third-order valence-corrected chi connectivity index (χ3v) is 3.28. The molecule has 2 heteroatoms. The molecule has 0 aliphatic heterocycles. The van der Waals surface area contributed by atoms with Crippen molar-refractivity contribution < 1.29 is 0 Å². The van der Waals surface area contributed by atoms with E-state index in [1.807, 2.05) is 6.07 Å². The third-order valence-electron chi connectivity index (χ3n) is 3.07. The van der Waals surface area contributed by atoms with Crippen LogP contribution in [0, 0.1) is 5.41 Å². The molecule has 0 saturated heterocycles. The second-order valence-corrected chi connectivity index (χ2v) is 5.51. The predicted molar refractivity (Wildman–Crippen MR) is 59.8 cm³/mol. The minimum atomic E-state index is 0.334. The average molecular weight is 210 g/mol. The number of aromatic nitrogens is 1. The van der Waals surface area contributed by atoms with Gasteiger partial charge >= 0.3 is 0 Å². The Morgan fingerprint density at radius 3 is 2.71 bits per heavy atom. The lowest BCUT2D eigenvalue weighted by molar-refractivity contribution is 0.319. The summed E-state index contributed by atoms with van der Waals surface area (Å²) in [4.78, 5) is 4.38. The van der Waals surface area contributed by atoms with Crippen LogP contribution in [-0.2, 0) is 6.42 Å². The molecule has 1 unspecified atom stereocenters. The maximum Gasteiger partial charge on any atom is 0.129 e. The molecule has 14 heavy (non-hydrogen) atoms. The van der Waals surface area contributed by atoms with E-state index in [1.165, 1.54) is 17.7 Å². The molecular weight excluding hydrogens is 194 g/mol. The number of aryl methyl sites for hydroxylation is 1. The molecular formula is C12H16ClN. The Hall–Kier alpha value is -0.560. The van der Waals surface area contributed by atoms with Crippen molar-refractivity contribution in [3.05, 3.63) is 28.5 Å². The Balaban J connectivity index is 2.41. The largest absolute Gasteiger partial charge is 0.241 e. The summed E-state index contributed by atoms with van der Waals surface area (Å²) in [7, 11) is 0. The molecule has 0 bridgehead atoms. The molecule has 1 aromatic rings. The van der Waals surface area contributed by atoms with Crippen molar-refractivity contribution in [2.75, 3.05) is 0 Å². The Labute approximate surface area is 90.5 Å². The third kappa shape index (κ3) is 1.66. The fraction of sp³-hybridized carbons (Fsp3) is 0.583. The number of pyridine rings is 1. The van der Waals surface area contributed by atoms with Crippen LogP contribution in [0.15, 0.2) is 12.1 Å². The number of nitrogens with zero attached hydrogens (tertiary/aromatic N) is 1. The maximum absolute atomic E-state index is 5.87. The lowest BCUT2D eigenvalue weighted by Gasteiger charge is -2.27. The van der Waals surface area contributed by atoms with E-state index in [9.17, 15) is 0 Å². The van der Waals surface area contributed by atoms with Gasteiger partial charge in [0.1, 0.15) is 5.15 Å². The van der Waals surface area contributed by atoms with Crippen LogP contribution in [0.4, 0.5) is 0 Å². The monoisotopic (exact) mass is 209 g/mol.